The molecule has 2 bridgehead atoms. The number of fused-ring (bicyclic) bond motifs is 3. The number of rotatable bonds is 8. The van der Waals surface area contributed by atoms with Crippen LogP contribution >= 0.6 is 0 Å². The number of likely N-dealkylation sites (tertiary alicyclic amines) is 1. The highest BCUT2D eigenvalue weighted by Crippen LogP contribution is 2.45. The molecule has 6 nitrogen and oxygen atoms in total. The highest BCUT2D eigenvalue weighted by Gasteiger charge is 2.44. The number of halogens is 3. The van der Waals surface area contributed by atoms with E-state index in [2.05, 4.69) is 69.7 Å². The van der Waals surface area contributed by atoms with E-state index >= 15 is 0 Å². The van der Waals surface area contributed by atoms with Gasteiger partial charge in [0.15, 0.2) is 0 Å². The number of ether oxygens (including phenoxy) is 1. The number of amides is 1. The van der Waals surface area contributed by atoms with Crippen LogP contribution in [0.1, 0.15) is 62.4 Å². The molecular weight excluding hydrogens is 529 g/mol. The van der Waals surface area contributed by atoms with Crippen LogP contribution in [0.3, 0.4) is 0 Å². The normalized spacial score (nSPS) is 24.7. The zero-order chi connectivity index (χ0) is 28.6. The largest absolute Gasteiger partial charge is 0.411 e. The molecule has 1 amide bonds. The average Bonchev–Trinajstić information content (AvgIpc) is 3.42. The van der Waals surface area contributed by atoms with Gasteiger partial charge in [0.05, 0.1) is 11.0 Å². The SMILES string of the molecule is Cc1nc2ccccc2n1C1CC2CC[C@H](C1)N2CCC1(c2ccccc2)CCN(C(=O)COCC(F)(F)F)CC1. The number of nitrogens with zero attached hydrogens (tertiary/aromatic N) is 4. The van der Waals surface area contributed by atoms with E-state index in [9.17, 15) is 18.0 Å². The lowest BCUT2D eigenvalue weighted by Crippen LogP contribution is -2.49. The summed E-state index contributed by atoms with van der Waals surface area (Å²) in [4.78, 5) is 21.8. The fraction of sp³-hybridized carbons (Fsp3) is 0.562. The Labute approximate surface area is 239 Å². The van der Waals surface area contributed by atoms with Crippen LogP contribution in [0, 0.1) is 6.92 Å². The predicted octanol–water partition coefficient (Wildman–Crippen LogP) is 6.04. The maximum atomic E-state index is 12.6. The molecule has 220 valence electrons. The van der Waals surface area contributed by atoms with Gasteiger partial charge in [-0.15, -0.1) is 0 Å². The number of para-hydroxylation sites is 2. The lowest BCUT2D eigenvalue weighted by Gasteiger charge is -2.45. The smallest absolute Gasteiger partial charge is 0.362 e. The fourth-order valence-corrected chi connectivity index (χ4v) is 7.79. The van der Waals surface area contributed by atoms with Crippen LogP contribution in [0.5, 0.6) is 0 Å². The number of carbonyl (C=O) groups is 1. The topological polar surface area (TPSA) is 50.6 Å². The van der Waals surface area contributed by atoms with Crippen LogP contribution in [0.15, 0.2) is 54.6 Å². The first-order chi connectivity index (χ1) is 19.7. The second kappa shape index (κ2) is 11.4. The first kappa shape index (κ1) is 28.2. The van der Waals surface area contributed by atoms with Gasteiger partial charge in [-0.2, -0.15) is 13.2 Å². The maximum Gasteiger partial charge on any atom is 0.411 e. The lowest BCUT2D eigenvalue weighted by molar-refractivity contribution is -0.178. The van der Waals surface area contributed by atoms with Crippen LogP contribution in [0.25, 0.3) is 11.0 Å². The molecule has 3 saturated heterocycles. The summed E-state index contributed by atoms with van der Waals surface area (Å²) in [5.41, 5.74) is 3.54. The first-order valence-corrected chi connectivity index (χ1v) is 14.9. The molecule has 3 aromatic rings. The zero-order valence-electron chi connectivity index (χ0n) is 23.7. The van der Waals surface area contributed by atoms with E-state index < -0.39 is 19.4 Å². The van der Waals surface area contributed by atoms with Gasteiger partial charge in [0.25, 0.3) is 0 Å². The lowest BCUT2D eigenvalue weighted by atomic mass is 9.70. The van der Waals surface area contributed by atoms with Crippen molar-refractivity contribution in [1.82, 2.24) is 19.4 Å². The second-order valence-corrected chi connectivity index (χ2v) is 12.2. The first-order valence-electron chi connectivity index (χ1n) is 14.9. The summed E-state index contributed by atoms with van der Waals surface area (Å²) >= 11 is 0. The van der Waals surface area contributed by atoms with Gasteiger partial charge in [0.2, 0.25) is 5.91 Å². The molecule has 2 unspecified atom stereocenters. The number of aryl methyl sites for hydroxylation is 1. The number of aromatic nitrogens is 2. The number of imidazole rings is 1. The van der Waals surface area contributed by atoms with Gasteiger partial charge in [-0.3, -0.25) is 9.69 Å². The molecule has 0 N–H and O–H groups in total. The minimum atomic E-state index is -4.43. The van der Waals surface area contributed by atoms with Crippen LogP contribution in [0.2, 0.25) is 0 Å². The molecule has 0 spiro atoms. The highest BCUT2D eigenvalue weighted by molar-refractivity contribution is 5.77. The summed E-state index contributed by atoms with van der Waals surface area (Å²) in [7, 11) is 0. The molecule has 4 heterocycles. The number of carbonyl (C=O) groups excluding carboxylic acids is 1. The molecule has 3 fully saturated rings. The number of hydrogen-bond donors (Lipinski definition) is 0. The van der Waals surface area contributed by atoms with Gasteiger partial charge in [0, 0.05) is 31.2 Å². The van der Waals surface area contributed by atoms with Gasteiger partial charge in [-0.25, -0.2) is 4.98 Å². The summed E-state index contributed by atoms with van der Waals surface area (Å²) < 4.78 is 44.5. The minimum absolute atomic E-state index is 0.0572. The highest BCUT2D eigenvalue weighted by atomic mass is 19.4. The quantitative estimate of drug-likeness (QED) is 0.333. The van der Waals surface area contributed by atoms with Gasteiger partial charge >= 0.3 is 6.18 Å². The van der Waals surface area contributed by atoms with E-state index in [4.69, 9.17) is 4.98 Å². The minimum Gasteiger partial charge on any atom is -0.362 e. The molecule has 0 saturated carbocycles. The summed E-state index contributed by atoms with van der Waals surface area (Å²) in [6, 6.07) is 20.6. The molecule has 1 aromatic heterocycles. The third-order valence-electron chi connectivity index (χ3n) is 9.80. The number of alkyl halides is 3. The van der Waals surface area contributed by atoms with Crippen LogP contribution in [-0.4, -0.2) is 76.4 Å². The Bertz CT molecular complexity index is 1340. The maximum absolute atomic E-state index is 12.6. The van der Waals surface area contributed by atoms with Crippen molar-refractivity contribution < 1.29 is 22.7 Å². The summed E-state index contributed by atoms with van der Waals surface area (Å²) in [5.74, 6) is 0.732. The predicted molar refractivity (Wildman–Crippen MR) is 152 cm³/mol. The van der Waals surface area contributed by atoms with Crippen molar-refractivity contribution in [2.45, 2.75) is 81.6 Å². The molecule has 0 aliphatic carbocycles. The third-order valence-corrected chi connectivity index (χ3v) is 9.80. The van der Waals surface area contributed by atoms with E-state index in [0.29, 0.717) is 31.2 Å². The van der Waals surface area contributed by atoms with E-state index in [1.54, 1.807) is 4.90 Å². The van der Waals surface area contributed by atoms with Crippen molar-refractivity contribution >= 4 is 16.9 Å². The molecule has 3 aliphatic heterocycles. The van der Waals surface area contributed by atoms with Crippen molar-refractivity contribution in [2.75, 3.05) is 32.8 Å². The van der Waals surface area contributed by atoms with Gasteiger partial charge < -0.3 is 14.2 Å². The van der Waals surface area contributed by atoms with Gasteiger partial charge in [-0.1, -0.05) is 42.5 Å². The van der Waals surface area contributed by atoms with Crippen molar-refractivity contribution in [3.63, 3.8) is 0 Å². The number of hydrogen-bond acceptors (Lipinski definition) is 4. The van der Waals surface area contributed by atoms with E-state index in [0.717, 1.165) is 50.0 Å². The molecule has 41 heavy (non-hydrogen) atoms. The molecule has 3 atom stereocenters. The second-order valence-electron chi connectivity index (χ2n) is 12.2. The van der Waals surface area contributed by atoms with E-state index in [-0.39, 0.29) is 11.3 Å². The molecule has 3 aliphatic rings. The standard InChI is InChI=1S/C32H39F3N4O2/c1-23-36-28-9-5-6-10-29(28)39(23)27-19-25-11-12-26(20-27)38(25)18-15-31(24-7-3-2-4-8-24)13-16-37(17-14-31)30(40)21-41-22-32(33,34)35/h2-10,25-27H,11-22H2,1H3/t25-,26?,27?/m1/s1. The van der Waals surface area contributed by atoms with Crippen LogP contribution in [0.4, 0.5) is 13.2 Å². The van der Waals surface area contributed by atoms with Crippen molar-refractivity contribution in [1.29, 1.82) is 0 Å². The van der Waals surface area contributed by atoms with Crippen LogP contribution in [-0.2, 0) is 14.9 Å². The Hall–Kier alpha value is -2.91. The molecule has 9 heteroatoms. The van der Waals surface area contributed by atoms with Crippen molar-refractivity contribution in [2.24, 2.45) is 0 Å². The Morgan fingerprint density at radius 1 is 0.976 bits per heavy atom. The fourth-order valence-electron chi connectivity index (χ4n) is 7.79. The van der Waals surface area contributed by atoms with E-state index in [1.807, 2.05) is 6.07 Å². The number of piperidine rings is 2. The summed E-state index contributed by atoms with van der Waals surface area (Å²) in [6.07, 6.45) is 2.91. The average molecular weight is 569 g/mol. The third kappa shape index (κ3) is 5.89. The Morgan fingerprint density at radius 2 is 1.63 bits per heavy atom. The molecular formula is C32H39F3N4O2. The van der Waals surface area contributed by atoms with Gasteiger partial charge in [0.1, 0.15) is 19.0 Å². The van der Waals surface area contributed by atoms with E-state index in [1.165, 1.54) is 23.9 Å². The van der Waals surface area contributed by atoms with Crippen molar-refractivity contribution in [3.8, 4) is 0 Å². The molecule has 6 rings (SSSR count). The molecule has 0 radical (unpaired) electrons. The number of benzene rings is 2. The monoisotopic (exact) mass is 568 g/mol. The molecule has 2 aromatic carbocycles. The summed E-state index contributed by atoms with van der Waals surface area (Å²) in [6.45, 7) is 2.29. The van der Waals surface area contributed by atoms with Crippen molar-refractivity contribution in [3.05, 3.63) is 66.0 Å². The Balaban J connectivity index is 1.12. The summed E-state index contributed by atoms with van der Waals surface area (Å²) in [5, 5.41) is 0. The van der Waals surface area contributed by atoms with Gasteiger partial charge in [-0.05, 0) is 81.5 Å². The van der Waals surface area contributed by atoms with Crippen LogP contribution < -0.4 is 0 Å². The zero-order valence-corrected chi connectivity index (χ0v) is 23.7. The Morgan fingerprint density at radius 3 is 2.32 bits per heavy atom. The Kier molecular flexibility index (Phi) is 7.85.